The van der Waals surface area contributed by atoms with Crippen LogP contribution in [0.3, 0.4) is 0 Å². The fourth-order valence-corrected chi connectivity index (χ4v) is 2.42. The Morgan fingerprint density at radius 3 is 2.27 bits per heavy atom. The second kappa shape index (κ2) is 6.08. The summed E-state index contributed by atoms with van der Waals surface area (Å²) in [5, 5.41) is 5.15. The molecule has 0 aliphatic heterocycles. The summed E-state index contributed by atoms with van der Waals surface area (Å²) in [5.74, 6) is 0.453. The Morgan fingerprint density at radius 1 is 1.14 bits per heavy atom. The van der Waals surface area contributed by atoms with Crippen LogP contribution in [0.2, 0.25) is 0 Å². The van der Waals surface area contributed by atoms with Crippen molar-refractivity contribution in [2.45, 2.75) is 45.6 Å². The Labute approximate surface area is 135 Å². The summed E-state index contributed by atoms with van der Waals surface area (Å²) in [5.41, 5.74) is 0.343. The number of benzene rings is 1. The van der Waals surface area contributed by atoms with E-state index in [1.807, 2.05) is 29.6 Å². The SMILES string of the molecule is CC(C)(Oc1ccc(C(C)(C)C)cc1)C(=O)Nc1nccs1. The van der Waals surface area contributed by atoms with Gasteiger partial charge in [0.05, 0.1) is 0 Å². The van der Waals surface area contributed by atoms with Crippen molar-refractivity contribution >= 4 is 22.4 Å². The standard InChI is InChI=1S/C17H22N2O2S/c1-16(2,3)12-6-8-13(9-7-12)21-17(4,5)14(20)19-15-18-10-11-22-15/h6-11H,1-5H3,(H,18,19,20). The van der Waals surface area contributed by atoms with Gasteiger partial charge in [0.15, 0.2) is 10.7 Å². The number of anilines is 1. The first-order valence-electron chi connectivity index (χ1n) is 7.19. The smallest absolute Gasteiger partial charge is 0.269 e. The topological polar surface area (TPSA) is 51.2 Å². The average Bonchev–Trinajstić information content (AvgIpc) is 2.90. The summed E-state index contributed by atoms with van der Waals surface area (Å²) in [6, 6.07) is 7.87. The molecule has 118 valence electrons. The lowest BCUT2D eigenvalue weighted by atomic mass is 9.87. The van der Waals surface area contributed by atoms with Crippen molar-refractivity contribution in [1.82, 2.24) is 4.98 Å². The lowest BCUT2D eigenvalue weighted by Gasteiger charge is -2.25. The summed E-state index contributed by atoms with van der Waals surface area (Å²) >= 11 is 1.38. The number of aromatic nitrogens is 1. The van der Waals surface area contributed by atoms with Gasteiger partial charge in [-0.15, -0.1) is 11.3 Å². The molecule has 0 bridgehead atoms. The Morgan fingerprint density at radius 2 is 1.77 bits per heavy atom. The summed E-state index contributed by atoms with van der Waals surface area (Å²) in [7, 11) is 0. The van der Waals surface area contributed by atoms with Crippen molar-refractivity contribution < 1.29 is 9.53 Å². The molecule has 22 heavy (non-hydrogen) atoms. The van der Waals surface area contributed by atoms with Gasteiger partial charge in [-0.2, -0.15) is 0 Å². The maximum atomic E-state index is 12.3. The van der Waals surface area contributed by atoms with Crippen molar-refractivity contribution in [3.05, 3.63) is 41.4 Å². The van der Waals surface area contributed by atoms with Gasteiger partial charge >= 0.3 is 0 Å². The van der Waals surface area contributed by atoms with Crippen molar-refractivity contribution in [1.29, 1.82) is 0 Å². The molecule has 1 aromatic carbocycles. The van der Waals surface area contributed by atoms with Crippen LogP contribution >= 0.6 is 11.3 Å². The quantitative estimate of drug-likeness (QED) is 0.917. The van der Waals surface area contributed by atoms with Crippen LogP contribution in [0.25, 0.3) is 0 Å². The molecule has 1 heterocycles. The van der Waals surface area contributed by atoms with Gasteiger partial charge in [0.1, 0.15) is 5.75 Å². The molecule has 2 aromatic rings. The molecule has 5 heteroatoms. The highest BCUT2D eigenvalue weighted by atomic mass is 32.1. The third kappa shape index (κ3) is 4.07. The fourth-order valence-electron chi connectivity index (χ4n) is 1.90. The average molecular weight is 318 g/mol. The molecule has 1 amide bonds. The van der Waals surface area contributed by atoms with Crippen LogP contribution in [0.5, 0.6) is 5.75 Å². The Bertz CT molecular complexity index is 626. The van der Waals surface area contributed by atoms with E-state index in [1.165, 1.54) is 16.9 Å². The number of hydrogen-bond donors (Lipinski definition) is 1. The third-order valence-corrected chi connectivity index (χ3v) is 3.98. The first kappa shape index (κ1) is 16.5. The fraction of sp³-hybridized carbons (Fsp3) is 0.412. The number of carbonyl (C=O) groups excluding carboxylic acids is 1. The summed E-state index contributed by atoms with van der Waals surface area (Å²) in [6.45, 7) is 9.97. The number of ether oxygens (including phenoxy) is 1. The normalized spacial score (nSPS) is 12.0. The van der Waals surface area contributed by atoms with Crippen LogP contribution < -0.4 is 10.1 Å². The predicted octanol–water partition coefficient (Wildman–Crippen LogP) is 4.24. The van der Waals surface area contributed by atoms with Crippen LogP contribution in [0.1, 0.15) is 40.2 Å². The van der Waals surface area contributed by atoms with Crippen molar-refractivity contribution in [3.63, 3.8) is 0 Å². The van der Waals surface area contributed by atoms with E-state index in [4.69, 9.17) is 4.74 Å². The molecule has 1 aromatic heterocycles. The minimum absolute atomic E-state index is 0.0935. The van der Waals surface area contributed by atoms with Crippen molar-refractivity contribution in [3.8, 4) is 5.75 Å². The number of carbonyl (C=O) groups is 1. The highest BCUT2D eigenvalue weighted by Gasteiger charge is 2.30. The number of nitrogens with zero attached hydrogens (tertiary/aromatic N) is 1. The minimum Gasteiger partial charge on any atom is -0.478 e. The first-order chi connectivity index (χ1) is 10.2. The molecular formula is C17H22N2O2S. The Kier molecular flexibility index (Phi) is 4.56. The zero-order chi connectivity index (χ0) is 16.4. The molecular weight excluding hydrogens is 296 g/mol. The third-order valence-electron chi connectivity index (χ3n) is 3.29. The van der Waals surface area contributed by atoms with Gasteiger partial charge in [-0.1, -0.05) is 32.9 Å². The van der Waals surface area contributed by atoms with Gasteiger partial charge in [-0.3, -0.25) is 10.1 Å². The largest absolute Gasteiger partial charge is 0.478 e. The van der Waals surface area contributed by atoms with E-state index in [-0.39, 0.29) is 11.3 Å². The number of thiazole rings is 1. The zero-order valence-corrected chi connectivity index (χ0v) is 14.5. The van der Waals surface area contributed by atoms with Crippen LogP contribution in [0.4, 0.5) is 5.13 Å². The van der Waals surface area contributed by atoms with Gasteiger partial charge < -0.3 is 4.74 Å². The monoisotopic (exact) mass is 318 g/mol. The van der Waals surface area contributed by atoms with Gasteiger partial charge in [-0.25, -0.2) is 4.98 Å². The molecule has 0 spiro atoms. The van der Waals surface area contributed by atoms with Crippen LogP contribution in [0, 0.1) is 0 Å². The number of rotatable bonds is 4. The number of hydrogen-bond acceptors (Lipinski definition) is 4. The van der Waals surface area contributed by atoms with Gasteiger partial charge in [0.25, 0.3) is 5.91 Å². The summed E-state index contributed by atoms with van der Waals surface area (Å²) < 4.78 is 5.84. The summed E-state index contributed by atoms with van der Waals surface area (Å²) in [4.78, 5) is 16.3. The maximum Gasteiger partial charge on any atom is 0.269 e. The van der Waals surface area contributed by atoms with E-state index < -0.39 is 5.60 Å². The highest BCUT2D eigenvalue weighted by molar-refractivity contribution is 7.13. The van der Waals surface area contributed by atoms with Crippen LogP contribution in [-0.4, -0.2) is 16.5 Å². The molecule has 0 fully saturated rings. The van der Waals surface area contributed by atoms with E-state index in [0.29, 0.717) is 10.9 Å². The molecule has 0 aliphatic carbocycles. The second-order valence-corrected chi connectivity index (χ2v) is 7.57. The molecule has 0 atom stereocenters. The number of nitrogens with one attached hydrogen (secondary N) is 1. The minimum atomic E-state index is -0.977. The molecule has 2 rings (SSSR count). The highest BCUT2D eigenvalue weighted by Crippen LogP contribution is 2.26. The molecule has 4 nitrogen and oxygen atoms in total. The van der Waals surface area contributed by atoms with E-state index >= 15 is 0 Å². The lowest BCUT2D eigenvalue weighted by Crippen LogP contribution is -2.42. The van der Waals surface area contributed by atoms with E-state index in [9.17, 15) is 4.79 Å². The summed E-state index contributed by atoms with van der Waals surface area (Å²) in [6.07, 6.45) is 1.65. The van der Waals surface area contributed by atoms with E-state index in [1.54, 1.807) is 20.0 Å². The van der Waals surface area contributed by atoms with Crippen LogP contribution in [0.15, 0.2) is 35.8 Å². The predicted molar refractivity (Wildman–Crippen MR) is 90.6 cm³/mol. The first-order valence-corrected chi connectivity index (χ1v) is 8.07. The molecule has 1 N–H and O–H groups in total. The van der Waals surface area contributed by atoms with E-state index in [2.05, 4.69) is 31.1 Å². The van der Waals surface area contributed by atoms with Crippen molar-refractivity contribution in [2.75, 3.05) is 5.32 Å². The molecule has 0 unspecified atom stereocenters. The zero-order valence-electron chi connectivity index (χ0n) is 13.6. The second-order valence-electron chi connectivity index (χ2n) is 6.68. The lowest BCUT2D eigenvalue weighted by molar-refractivity contribution is -0.128. The van der Waals surface area contributed by atoms with Gasteiger partial charge in [-0.05, 0) is 37.0 Å². The molecule has 0 saturated carbocycles. The number of amides is 1. The van der Waals surface area contributed by atoms with Crippen LogP contribution in [-0.2, 0) is 10.2 Å². The maximum absolute atomic E-state index is 12.3. The molecule has 0 radical (unpaired) electrons. The van der Waals surface area contributed by atoms with Crippen molar-refractivity contribution in [2.24, 2.45) is 0 Å². The van der Waals surface area contributed by atoms with Gasteiger partial charge in [0.2, 0.25) is 0 Å². The Hall–Kier alpha value is -1.88. The Balaban J connectivity index is 2.06. The van der Waals surface area contributed by atoms with Gasteiger partial charge in [0, 0.05) is 11.6 Å². The molecule has 0 saturated heterocycles. The molecule has 0 aliphatic rings. The van der Waals surface area contributed by atoms with E-state index in [0.717, 1.165) is 0 Å².